The van der Waals surface area contributed by atoms with Crippen LogP contribution >= 0.6 is 0 Å². The Bertz CT molecular complexity index is 607. The Balaban J connectivity index is 1.78. The third kappa shape index (κ3) is 3.15. The number of nitrogens with two attached hydrogens (primary N) is 1. The molecular weight excluding hydrogens is 258 g/mol. The highest BCUT2D eigenvalue weighted by molar-refractivity contribution is 5.93. The molecule has 3 rings (SSSR count). The van der Waals surface area contributed by atoms with E-state index < -0.39 is 0 Å². The second-order valence-electron chi connectivity index (χ2n) is 5.90. The highest BCUT2D eigenvalue weighted by Crippen LogP contribution is 2.33. The molecule has 2 aromatic carbocycles. The normalized spacial score (nSPS) is 15.8. The maximum atomic E-state index is 11.1. The summed E-state index contributed by atoms with van der Waals surface area (Å²) in [7, 11) is 0. The topological polar surface area (TPSA) is 43.1 Å². The maximum Gasteiger partial charge on any atom is 0.248 e. The van der Waals surface area contributed by atoms with Crippen molar-refractivity contribution in [3.05, 3.63) is 59.7 Å². The highest BCUT2D eigenvalue weighted by atomic mass is 16.1. The van der Waals surface area contributed by atoms with E-state index in [1.807, 2.05) is 12.1 Å². The number of amides is 1. The maximum absolute atomic E-state index is 11.1. The zero-order chi connectivity index (χ0) is 14.7. The van der Waals surface area contributed by atoms with Gasteiger partial charge in [-0.2, -0.15) is 0 Å². The van der Waals surface area contributed by atoms with Crippen molar-refractivity contribution in [2.45, 2.75) is 38.0 Å². The molecule has 1 fully saturated rings. The van der Waals surface area contributed by atoms with Gasteiger partial charge in [0.2, 0.25) is 5.91 Å². The Morgan fingerprint density at radius 3 is 1.86 bits per heavy atom. The zero-order valence-corrected chi connectivity index (χ0v) is 12.2. The van der Waals surface area contributed by atoms with E-state index in [1.54, 1.807) is 12.1 Å². The fraction of sp³-hybridized carbons (Fsp3) is 0.316. The number of rotatable bonds is 3. The molecule has 2 aromatic rings. The number of carbonyl (C=O) groups is 1. The van der Waals surface area contributed by atoms with E-state index in [0.717, 1.165) is 11.5 Å². The molecule has 0 bridgehead atoms. The predicted octanol–water partition coefficient (Wildman–Crippen LogP) is 4.50. The van der Waals surface area contributed by atoms with Crippen LogP contribution in [0.5, 0.6) is 0 Å². The second kappa shape index (κ2) is 6.13. The first-order valence-corrected chi connectivity index (χ1v) is 7.74. The quantitative estimate of drug-likeness (QED) is 0.883. The lowest BCUT2D eigenvalue weighted by atomic mass is 9.84. The molecule has 2 N–H and O–H groups in total. The summed E-state index contributed by atoms with van der Waals surface area (Å²) in [5, 5.41) is 0. The molecule has 1 aliphatic rings. The zero-order valence-electron chi connectivity index (χ0n) is 12.2. The first kappa shape index (κ1) is 13.9. The average molecular weight is 279 g/mol. The van der Waals surface area contributed by atoms with Crippen molar-refractivity contribution in [1.82, 2.24) is 0 Å². The van der Waals surface area contributed by atoms with Gasteiger partial charge in [0.05, 0.1) is 0 Å². The van der Waals surface area contributed by atoms with Crippen molar-refractivity contribution in [2.24, 2.45) is 5.73 Å². The lowest BCUT2D eigenvalue weighted by Crippen LogP contribution is -2.10. The summed E-state index contributed by atoms with van der Waals surface area (Å²) >= 11 is 0. The van der Waals surface area contributed by atoms with Crippen LogP contribution in [0, 0.1) is 0 Å². The van der Waals surface area contributed by atoms with Gasteiger partial charge >= 0.3 is 0 Å². The summed E-state index contributed by atoms with van der Waals surface area (Å²) in [4.78, 5) is 11.1. The Hall–Kier alpha value is -2.09. The molecule has 0 radical (unpaired) electrons. The Kier molecular flexibility index (Phi) is 4.05. The van der Waals surface area contributed by atoms with E-state index in [-0.39, 0.29) is 5.91 Å². The van der Waals surface area contributed by atoms with Gasteiger partial charge in [-0.1, -0.05) is 55.7 Å². The summed E-state index contributed by atoms with van der Waals surface area (Å²) in [6.45, 7) is 0. The SMILES string of the molecule is NC(=O)c1ccc(-c2ccc(C3CCCCC3)cc2)cc1. The van der Waals surface area contributed by atoms with Crippen LogP contribution in [-0.2, 0) is 0 Å². The average Bonchev–Trinajstić information content (AvgIpc) is 2.56. The first-order chi connectivity index (χ1) is 10.2. The van der Waals surface area contributed by atoms with Crippen molar-refractivity contribution in [2.75, 3.05) is 0 Å². The summed E-state index contributed by atoms with van der Waals surface area (Å²) in [6.07, 6.45) is 6.77. The number of hydrogen-bond acceptors (Lipinski definition) is 1. The third-order valence-corrected chi connectivity index (χ3v) is 4.49. The van der Waals surface area contributed by atoms with E-state index in [2.05, 4.69) is 24.3 Å². The van der Waals surface area contributed by atoms with Crippen LogP contribution in [-0.4, -0.2) is 5.91 Å². The minimum absolute atomic E-state index is 0.380. The van der Waals surface area contributed by atoms with Crippen molar-refractivity contribution >= 4 is 5.91 Å². The summed E-state index contributed by atoms with van der Waals surface area (Å²) in [6, 6.07) is 16.4. The van der Waals surface area contributed by atoms with E-state index in [1.165, 1.54) is 43.2 Å². The lowest BCUT2D eigenvalue weighted by molar-refractivity contribution is 0.100. The summed E-state index contributed by atoms with van der Waals surface area (Å²) in [5.41, 5.74) is 9.59. The molecule has 2 heteroatoms. The monoisotopic (exact) mass is 279 g/mol. The van der Waals surface area contributed by atoms with Gasteiger partial charge in [0.15, 0.2) is 0 Å². The van der Waals surface area contributed by atoms with Crippen LogP contribution in [0.25, 0.3) is 11.1 Å². The molecular formula is C19H21NO. The number of benzene rings is 2. The van der Waals surface area contributed by atoms with Crippen molar-refractivity contribution in [3.63, 3.8) is 0 Å². The molecule has 0 aromatic heterocycles. The molecule has 0 aliphatic heterocycles. The molecule has 0 spiro atoms. The van der Waals surface area contributed by atoms with Crippen LogP contribution in [0.2, 0.25) is 0 Å². The summed E-state index contributed by atoms with van der Waals surface area (Å²) < 4.78 is 0. The fourth-order valence-corrected chi connectivity index (χ4v) is 3.21. The first-order valence-electron chi connectivity index (χ1n) is 7.74. The van der Waals surface area contributed by atoms with Crippen molar-refractivity contribution < 1.29 is 4.79 Å². The molecule has 21 heavy (non-hydrogen) atoms. The van der Waals surface area contributed by atoms with Gasteiger partial charge in [0.1, 0.15) is 0 Å². The van der Waals surface area contributed by atoms with Crippen molar-refractivity contribution in [1.29, 1.82) is 0 Å². The molecule has 0 atom stereocenters. The Morgan fingerprint density at radius 1 is 0.810 bits per heavy atom. The minimum atomic E-state index is -0.380. The standard InChI is InChI=1S/C19H21NO/c20-19(21)18-12-10-17(11-13-18)16-8-6-15(7-9-16)14-4-2-1-3-5-14/h6-14H,1-5H2,(H2,20,21). The van der Waals surface area contributed by atoms with Gasteiger partial charge in [0.25, 0.3) is 0 Å². The number of hydrogen-bond donors (Lipinski definition) is 1. The van der Waals surface area contributed by atoms with E-state index in [0.29, 0.717) is 5.56 Å². The predicted molar refractivity (Wildman–Crippen MR) is 86.2 cm³/mol. The Morgan fingerprint density at radius 2 is 1.33 bits per heavy atom. The molecule has 1 aliphatic carbocycles. The van der Waals surface area contributed by atoms with Crippen LogP contribution in [0.15, 0.2) is 48.5 Å². The summed E-state index contributed by atoms with van der Waals surface area (Å²) in [5.74, 6) is 0.360. The molecule has 1 saturated carbocycles. The van der Waals surface area contributed by atoms with Crippen LogP contribution in [0.1, 0.15) is 53.9 Å². The molecule has 1 amide bonds. The van der Waals surface area contributed by atoms with Gasteiger partial charge in [0, 0.05) is 5.56 Å². The molecule has 0 saturated heterocycles. The van der Waals surface area contributed by atoms with Gasteiger partial charge < -0.3 is 5.73 Å². The number of primary amides is 1. The van der Waals surface area contributed by atoms with Gasteiger partial charge in [-0.3, -0.25) is 4.79 Å². The molecule has 0 heterocycles. The fourth-order valence-electron chi connectivity index (χ4n) is 3.21. The van der Waals surface area contributed by atoms with Crippen molar-refractivity contribution in [3.8, 4) is 11.1 Å². The largest absolute Gasteiger partial charge is 0.366 e. The van der Waals surface area contributed by atoms with E-state index in [4.69, 9.17) is 5.73 Å². The lowest BCUT2D eigenvalue weighted by Gasteiger charge is -2.22. The van der Waals surface area contributed by atoms with Gasteiger partial charge in [-0.15, -0.1) is 0 Å². The third-order valence-electron chi connectivity index (χ3n) is 4.49. The van der Waals surface area contributed by atoms with Crippen LogP contribution in [0.4, 0.5) is 0 Å². The Labute approximate surface area is 126 Å². The minimum Gasteiger partial charge on any atom is -0.366 e. The second-order valence-corrected chi connectivity index (χ2v) is 5.90. The smallest absolute Gasteiger partial charge is 0.248 e. The van der Waals surface area contributed by atoms with E-state index in [9.17, 15) is 4.79 Å². The molecule has 108 valence electrons. The van der Waals surface area contributed by atoms with Crippen LogP contribution in [0.3, 0.4) is 0 Å². The highest BCUT2D eigenvalue weighted by Gasteiger charge is 2.15. The van der Waals surface area contributed by atoms with E-state index >= 15 is 0 Å². The van der Waals surface area contributed by atoms with Gasteiger partial charge in [-0.25, -0.2) is 0 Å². The van der Waals surface area contributed by atoms with Crippen LogP contribution < -0.4 is 5.73 Å². The number of carbonyl (C=O) groups excluding carboxylic acids is 1. The van der Waals surface area contributed by atoms with Gasteiger partial charge in [-0.05, 0) is 47.6 Å². The molecule has 0 unspecified atom stereocenters. The molecule has 2 nitrogen and oxygen atoms in total.